The minimum Gasteiger partial charge on any atom is -0.408 e. The third-order valence-electron chi connectivity index (χ3n) is 3.76. The van der Waals surface area contributed by atoms with Crippen molar-refractivity contribution in [3.05, 3.63) is 34.3 Å². The molecule has 1 aromatic heterocycles. The van der Waals surface area contributed by atoms with Crippen LogP contribution in [-0.2, 0) is 6.54 Å². The predicted octanol–water partition coefficient (Wildman–Crippen LogP) is 3.47. The Bertz CT molecular complexity index is 626. The quantitative estimate of drug-likeness (QED) is 0.879. The molecule has 0 aliphatic carbocycles. The van der Waals surface area contributed by atoms with E-state index in [9.17, 15) is 9.90 Å². The summed E-state index contributed by atoms with van der Waals surface area (Å²) in [7, 11) is 0. The molecule has 0 bridgehead atoms. The van der Waals surface area contributed by atoms with E-state index in [1.165, 1.54) is 0 Å². The van der Waals surface area contributed by atoms with Crippen LogP contribution in [0.4, 0.5) is 0 Å². The second kappa shape index (κ2) is 6.27. The molecule has 4 nitrogen and oxygen atoms in total. The Morgan fingerprint density at radius 3 is 2.70 bits per heavy atom. The van der Waals surface area contributed by atoms with Gasteiger partial charge in [-0.2, -0.15) is 0 Å². The van der Waals surface area contributed by atoms with Gasteiger partial charge in [-0.05, 0) is 36.5 Å². The zero-order valence-electron chi connectivity index (χ0n) is 12.4. The van der Waals surface area contributed by atoms with Gasteiger partial charge in [0.1, 0.15) is 0 Å². The Morgan fingerprint density at radius 2 is 2.05 bits per heavy atom. The summed E-state index contributed by atoms with van der Waals surface area (Å²) in [6.07, 6.45) is 2.38. The van der Waals surface area contributed by atoms with Crippen LogP contribution in [-0.4, -0.2) is 9.67 Å². The molecule has 1 heterocycles. The third kappa shape index (κ3) is 2.80. The largest absolute Gasteiger partial charge is 0.419 e. The molecule has 2 aromatic rings. The summed E-state index contributed by atoms with van der Waals surface area (Å²) in [5.74, 6) is -0.128. The van der Waals surface area contributed by atoms with Crippen LogP contribution >= 0.6 is 0 Å². The summed E-state index contributed by atoms with van der Waals surface area (Å²) in [4.78, 5) is 11.8. The van der Waals surface area contributed by atoms with Crippen LogP contribution in [0, 0.1) is 5.92 Å². The Kier molecular flexibility index (Phi) is 4.65. The van der Waals surface area contributed by atoms with Crippen LogP contribution < -0.4 is 5.76 Å². The van der Waals surface area contributed by atoms with Crippen molar-refractivity contribution in [1.82, 2.24) is 4.57 Å². The van der Waals surface area contributed by atoms with Gasteiger partial charge in [-0.25, -0.2) is 4.79 Å². The van der Waals surface area contributed by atoms with Crippen molar-refractivity contribution >= 4 is 11.1 Å². The van der Waals surface area contributed by atoms with E-state index in [0.29, 0.717) is 12.1 Å². The lowest BCUT2D eigenvalue weighted by atomic mass is 9.93. The predicted molar refractivity (Wildman–Crippen MR) is 79.8 cm³/mol. The maximum Gasteiger partial charge on any atom is 0.419 e. The highest BCUT2D eigenvalue weighted by Gasteiger charge is 2.17. The van der Waals surface area contributed by atoms with Gasteiger partial charge in [0.05, 0.1) is 11.6 Å². The highest BCUT2D eigenvalue weighted by atomic mass is 16.4. The second-order valence-corrected chi connectivity index (χ2v) is 5.46. The molecule has 0 aliphatic rings. The van der Waals surface area contributed by atoms with E-state index < -0.39 is 6.10 Å². The van der Waals surface area contributed by atoms with Crippen LogP contribution in [0.15, 0.2) is 27.4 Å². The molecule has 0 saturated carbocycles. The molecule has 2 atom stereocenters. The van der Waals surface area contributed by atoms with Gasteiger partial charge in [-0.15, -0.1) is 0 Å². The first-order valence-corrected chi connectivity index (χ1v) is 7.39. The van der Waals surface area contributed by atoms with Gasteiger partial charge in [0.25, 0.3) is 0 Å². The number of fused-ring (bicyclic) bond motifs is 1. The highest BCUT2D eigenvalue weighted by Crippen LogP contribution is 2.27. The van der Waals surface area contributed by atoms with Gasteiger partial charge in [0.15, 0.2) is 5.58 Å². The number of hydrogen-bond acceptors (Lipinski definition) is 3. The molecular formula is C16H23NO3. The molecule has 0 fully saturated rings. The standard InChI is InChI=1S/C16H23NO3/c1-4-6-11(3)15(18)12-7-8-13-14(10-12)20-16(19)17(13)9-5-2/h7-8,10-11,15,18H,4-6,9H2,1-3H3. The number of aromatic nitrogens is 1. The van der Waals surface area contributed by atoms with E-state index >= 15 is 0 Å². The number of rotatable bonds is 6. The topological polar surface area (TPSA) is 55.4 Å². The Hall–Kier alpha value is -1.55. The zero-order valence-corrected chi connectivity index (χ0v) is 12.4. The van der Waals surface area contributed by atoms with Gasteiger partial charge in [-0.1, -0.05) is 33.3 Å². The second-order valence-electron chi connectivity index (χ2n) is 5.46. The summed E-state index contributed by atoms with van der Waals surface area (Å²) >= 11 is 0. The van der Waals surface area contributed by atoms with E-state index in [1.807, 2.05) is 26.0 Å². The molecule has 0 saturated heterocycles. The minimum atomic E-state index is -0.515. The van der Waals surface area contributed by atoms with E-state index in [0.717, 1.165) is 30.3 Å². The number of benzene rings is 1. The smallest absolute Gasteiger partial charge is 0.408 e. The molecule has 0 radical (unpaired) electrons. The van der Waals surface area contributed by atoms with Crippen LogP contribution in [0.25, 0.3) is 11.1 Å². The molecule has 0 amide bonds. The first-order valence-electron chi connectivity index (χ1n) is 7.39. The van der Waals surface area contributed by atoms with Gasteiger partial charge in [0, 0.05) is 6.54 Å². The van der Waals surface area contributed by atoms with E-state index in [4.69, 9.17) is 4.42 Å². The SMILES string of the molecule is CCCC(C)C(O)c1ccc2c(c1)oc(=O)n2CCC. The molecule has 20 heavy (non-hydrogen) atoms. The summed E-state index contributed by atoms with van der Waals surface area (Å²) in [6.45, 7) is 6.82. The number of hydrogen-bond donors (Lipinski definition) is 1. The average molecular weight is 277 g/mol. The van der Waals surface area contributed by atoms with E-state index in [1.54, 1.807) is 10.6 Å². The van der Waals surface area contributed by atoms with Crippen molar-refractivity contribution in [3.8, 4) is 0 Å². The van der Waals surface area contributed by atoms with Crippen LogP contribution in [0.5, 0.6) is 0 Å². The molecule has 4 heteroatoms. The minimum absolute atomic E-state index is 0.196. The van der Waals surface area contributed by atoms with Crippen molar-refractivity contribution in [2.45, 2.75) is 52.7 Å². The van der Waals surface area contributed by atoms with Crippen LogP contribution in [0.3, 0.4) is 0 Å². The Labute approximate surface area is 119 Å². The lowest BCUT2D eigenvalue weighted by molar-refractivity contribution is 0.112. The first kappa shape index (κ1) is 14.9. The highest BCUT2D eigenvalue weighted by molar-refractivity contribution is 5.73. The number of oxazole rings is 1. The van der Waals surface area contributed by atoms with Crippen molar-refractivity contribution in [2.24, 2.45) is 5.92 Å². The number of nitrogens with zero attached hydrogens (tertiary/aromatic N) is 1. The lowest BCUT2D eigenvalue weighted by Crippen LogP contribution is -2.13. The van der Waals surface area contributed by atoms with Crippen molar-refractivity contribution in [1.29, 1.82) is 0 Å². The number of aryl methyl sites for hydroxylation is 1. The van der Waals surface area contributed by atoms with E-state index in [-0.39, 0.29) is 11.7 Å². The summed E-state index contributed by atoms with van der Waals surface area (Å²) in [5.41, 5.74) is 2.18. The Morgan fingerprint density at radius 1 is 1.30 bits per heavy atom. The van der Waals surface area contributed by atoms with Crippen molar-refractivity contribution in [2.75, 3.05) is 0 Å². The molecule has 1 aromatic carbocycles. The lowest BCUT2D eigenvalue weighted by Gasteiger charge is -2.18. The van der Waals surface area contributed by atoms with Gasteiger partial charge < -0.3 is 9.52 Å². The molecule has 2 rings (SSSR count). The third-order valence-corrected chi connectivity index (χ3v) is 3.76. The first-order chi connectivity index (χ1) is 9.58. The fraction of sp³-hybridized carbons (Fsp3) is 0.562. The Balaban J connectivity index is 2.37. The maximum atomic E-state index is 11.8. The summed E-state index contributed by atoms with van der Waals surface area (Å²) in [6, 6.07) is 5.55. The van der Waals surface area contributed by atoms with Crippen LogP contribution in [0.2, 0.25) is 0 Å². The van der Waals surface area contributed by atoms with Crippen molar-refractivity contribution < 1.29 is 9.52 Å². The maximum absolute atomic E-state index is 11.8. The number of aliphatic hydroxyl groups excluding tert-OH is 1. The normalized spacial score (nSPS) is 14.6. The fourth-order valence-corrected chi connectivity index (χ4v) is 2.64. The zero-order chi connectivity index (χ0) is 14.7. The molecule has 110 valence electrons. The monoisotopic (exact) mass is 277 g/mol. The van der Waals surface area contributed by atoms with Crippen LogP contribution in [0.1, 0.15) is 51.7 Å². The van der Waals surface area contributed by atoms with E-state index in [2.05, 4.69) is 6.92 Å². The molecule has 0 spiro atoms. The molecule has 2 unspecified atom stereocenters. The van der Waals surface area contributed by atoms with Gasteiger partial charge in [0.2, 0.25) is 0 Å². The molecular weight excluding hydrogens is 254 g/mol. The fourth-order valence-electron chi connectivity index (χ4n) is 2.64. The molecule has 1 N–H and O–H groups in total. The number of aliphatic hydroxyl groups is 1. The average Bonchev–Trinajstić information content (AvgIpc) is 2.74. The van der Waals surface area contributed by atoms with Crippen molar-refractivity contribution in [3.63, 3.8) is 0 Å². The molecule has 0 aliphatic heterocycles. The summed E-state index contributed by atoms with van der Waals surface area (Å²) < 4.78 is 6.92. The summed E-state index contributed by atoms with van der Waals surface area (Å²) in [5, 5.41) is 10.3. The van der Waals surface area contributed by atoms with Gasteiger partial charge >= 0.3 is 5.76 Å². The van der Waals surface area contributed by atoms with Gasteiger partial charge in [-0.3, -0.25) is 4.57 Å².